The summed E-state index contributed by atoms with van der Waals surface area (Å²) in [6.07, 6.45) is 0. The van der Waals surface area contributed by atoms with Crippen molar-refractivity contribution in [3.05, 3.63) is 127 Å². The number of fused-ring (bicyclic) bond motifs is 12. The van der Waals surface area contributed by atoms with Gasteiger partial charge in [-0.25, -0.2) is 0 Å². The zero-order valence-electron chi connectivity index (χ0n) is 21.5. The molecule has 2 aliphatic rings. The summed E-state index contributed by atoms with van der Waals surface area (Å²) in [7, 11) is 0. The molecule has 0 fully saturated rings. The van der Waals surface area contributed by atoms with Crippen molar-refractivity contribution in [1.29, 1.82) is 0 Å². The lowest BCUT2D eigenvalue weighted by atomic mass is 9.34. The first-order valence-electron chi connectivity index (χ1n) is 13.8. The molecule has 0 amide bonds. The molecule has 0 saturated carbocycles. The summed E-state index contributed by atoms with van der Waals surface area (Å²) in [5.41, 5.74) is 13.2. The summed E-state index contributed by atoms with van der Waals surface area (Å²) in [6, 6.07) is 46.1. The van der Waals surface area contributed by atoms with Gasteiger partial charge in [0, 0.05) is 44.3 Å². The molecule has 0 N–H and O–H groups in total. The number of anilines is 3. The maximum absolute atomic E-state index is 6.63. The molecule has 0 atom stereocenters. The van der Waals surface area contributed by atoms with Gasteiger partial charge in [0.2, 0.25) is 0 Å². The third kappa shape index (κ3) is 2.39. The van der Waals surface area contributed by atoms with E-state index in [2.05, 4.69) is 131 Å². The molecule has 0 aliphatic carbocycles. The van der Waals surface area contributed by atoms with Gasteiger partial charge in [0.1, 0.15) is 5.58 Å². The van der Waals surface area contributed by atoms with Gasteiger partial charge in [-0.2, -0.15) is 0 Å². The van der Waals surface area contributed by atoms with Crippen molar-refractivity contribution in [3.8, 4) is 5.69 Å². The zero-order valence-corrected chi connectivity index (χ0v) is 21.5. The maximum atomic E-state index is 6.63. The molecule has 0 radical (unpaired) electrons. The molecule has 0 saturated heterocycles. The van der Waals surface area contributed by atoms with E-state index in [4.69, 9.17) is 4.42 Å². The summed E-state index contributed by atoms with van der Waals surface area (Å²) < 4.78 is 9.11. The standard InChI is InChI=1S/C36H21BN2O/c1-2-10-22(11-3-1)38-29-15-7-5-13-27(29)37-28-14-6-8-16-30(28)39-34-24(20-21-31(38)33(34)37)25-18-19-26-23-12-4-9-17-32(23)40-36(26)35(25)39/h1-21H. The third-order valence-electron chi connectivity index (χ3n) is 8.97. The number of hydrogen-bond donors (Lipinski definition) is 0. The Morgan fingerprint density at radius 1 is 0.475 bits per heavy atom. The van der Waals surface area contributed by atoms with E-state index in [9.17, 15) is 0 Å². The number of furan rings is 1. The zero-order chi connectivity index (χ0) is 25.9. The predicted molar refractivity (Wildman–Crippen MR) is 167 cm³/mol. The molecule has 184 valence electrons. The van der Waals surface area contributed by atoms with E-state index in [0.717, 1.165) is 27.5 Å². The minimum Gasteiger partial charge on any atom is -0.454 e. The second-order valence-electron chi connectivity index (χ2n) is 10.9. The van der Waals surface area contributed by atoms with E-state index < -0.39 is 0 Å². The first kappa shape index (κ1) is 20.7. The third-order valence-corrected chi connectivity index (χ3v) is 8.97. The van der Waals surface area contributed by atoms with Crippen LogP contribution in [0.1, 0.15) is 0 Å². The van der Waals surface area contributed by atoms with Crippen molar-refractivity contribution in [2.24, 2.45) is 0 Å². The Hall–Kier alpha value is -5.22. The predicted octanol–water partition coefficient (Wildman–Crippen LogP) is 7.30. The van der Waals surface area contributed by atoms with Gasteiger partial charge in [-0.05, 0) is 58.9 Å². The largest absolute Gasteiger partial charge is 0.454 e. The van der Waals surface area contributed by atoms with Crippen LogP contribution in [0, 0.1) is 0 Å². The SMILES string of the molecule is c1ccc(N2c3ccccc3B3c4ccccc4-n4c5c3c2ccc5c2ccc3c5ccccc5oc3c24)cc1. The van der Waals surface area contributed by atoms with Gasteiger partial charge >= 0.3 is 0 Å². The lowest BCUT2D eigenvalue weighted by molar-refractivity contribution is 0.671. The second kappa shape index (κ2) is 7.25. The van der Waals surface area contributed by atoms with Gasteiger partial charge in [0.25, 0.3) is 6.71 Å². The van der Waals surface area contributed by atoms with Crippen LogP contribution in [0.2, 0.25) is 0 Å². The molecule has 0 unspecified atom stereocenters. The minimum absolute atomic E-state index is 0.147. The average molecular weight is 508 g/mol. The topological polar surface area (TPSA) is 21.3 Å². The van der Waals surface area contributed by atoms with Gasteiger partial charge in [0.15, 0.2) is 5.58 Å². The van der Waals surface area contributed by atoms with Crippen LogP contribution in [0.4, 0.5) is 17.1 Å². The van der Waals surface area contributed by atoms with Crippen LogP contribution in [-0.4, -0.2) is 11.3 Å². The van der Waals surface area contributed by atoms with Crippen LogP contribution in [0.3, 0.4) is 0 Å². The van der Waals surface area contributed by atoms with Crippen molar-refractivity contribution >= 4 is 83.9 Å². The Balaban J connectivity index is 1.44. The molecular weight excluding hydrogens is 487 g/mol. The molecule has 8 aromatic rings. The van der Waals surface area contributed by atoms with Crippen molar-refractivity contribution in [2.45, 2.75) is 0 Å². The van der Waals surface area contributed by atoms with E-state index in [1.807, 2.05) is 6.07 Å². The number of nitrogens with zero attached hydrogens (tertiary/aromatic N) is 2. The van der Waals surface area contributed by atoms with Gasteiger partial charge in [-0.15, -0.1) is 0 Å². The van der Waals surface area contributed by atoms with Crippen LogP contribution >= 0.6 is 0 Å². The highest BCUT2D eigenvalue weighted by atomic mass is 16.3. The fraction of sp³-hybridized carbons (Fsp3) is 0. The second-order valence-corrected chi connectivity index (χ2v) is 10.9. The Labute approximate surface area is 230 Å². The highest BCUT2D eigenvalue weighted by Crippen LogP contribution is 2.44. The van der Waals surface area contributed by atoms with Gasteiger partial charge < -0.3 is 13.9 Å². The number of hydrogen-bond acceptors (Lipinski definition) is 2. The fourth-order valence-electron chi connectivity index (χ4n) is 7.44. The number of rotatable bonds is 1. The van der Waals surface area contributed by atoms with E-state index in [1.54, 1.807) is 0 Å². The first-order valence-corrected chi connectivity index (χ1v) is 13.8. The molecule has 4 heteroatoms. The first-order chi connectivity index (χ1) is 19.9. The van der Waals surface area contributed by atoms with Crippen LogP contribution in [-0.2, 0) is 0 Å². The van der Waals surface area contributed by atoms with E-state index in [-0.39, 0.29) is 6.71 Å². The lowest BCUT2D eigenvalue weighted by Gasteiger charge is -2.39. The Morgan fingerprint density at radius 3 is 2.00 bits per heavy atom. The fourth-order valence-corrected chi connectivity index (χ4v) is 7.44. The van der Waals surface area contributed by atoms with E-state index >= 15 is 0 Å². The van der Waals surface area contributed by atoms with Crippen LogP contribution in [0.5, 0.6) is 0 Å². The lowest BCUT2D eigenvalue weighted by Crippen LogP contribution is -2.60. The Bertz CT molecular complexity index is 2350. The average Bonchev–Trinajstić information content (AvgIpc) is 3.57. The van der Waals surface area contributed by atoms with Crippen LogP contribution in [0.15, 0.2) is 132 Å². The molecule has 6 aromatic carbocycles. The Morgan fingerprint density at radius 2 is 1.12 bits per heavy atom. The highest BCUT2D eigenvalue weighted by molar-refractivity contribution is 7.00. The monoisotopic (exact) mass is 508 g/mol. The van der Waals surface area contributed by atoms with E-state index in [1.165, 1.54) is 55.4 Å². The molecule has 40 heavy (non-hydrogen) atoms. The van der Waals surface area contributed by atoms with Crippen molar-refractivity contribution in [1.82, 2.24) is 4.57 Å². The molecule has 2 aromatic heterocycles. The van der Waals surface area contributed by atoms with Crippen LogP contribution < -0.4 is 21.3 Å². The van der Waals surface area contributed by atoms with Crippen molar-refractivity contribution in [3.63, 3.8) is 0 Å². The smallest absolute Gasteiger partial charge is 0.252 e. The van der Waals surface area contributed by atoms with Crippen LogP contribution in [0.25, 0.3) is 49.4 Å². The quantitative estimate of drug-likeness (QED) is 0.217. The summed E-state index contributed by atoms with van der Waals surface area (Å²) in [5.74, 6) is 0. The highest BCUT2D eigenvalue weighted by Gasteiger charge is 2.42. The molecule has 3 nitrogen and oxygen atoms in total. The summed E-state index contributed by atoms with van der Waals surface area (Å²) >= 11 is 0. The molecule has 4 heterocycles. The molecule has 10 rings (SSSR count). The number of aromatic nitrogens is 1. The minimum atomic E-state index is 0.147. The van der Waals surface area contributed by atoms with E-state index in [0.29, 0.717) is 0 Å². The normalized spacial score (nSPS) is 13.4. The van der Waals surface area contributed by atoms with Gasteiger partial charge in [-0.3, -0.25) is 0 Å². The summed E-state index contributed by atoms with van der Waals surface area (Å²) in [4.78, 5) is 2.44. The Kier molecular flexibility index (Phi) is 3.75. The molecular formula is C36H21BN2O. The summed E-state index contributed by atoms with van der Waals surface area (Å²) in [5, 5.41) is 4.81. The summed E-state index contributed by atoms with van der Waals surface area (Å²) in [6.45, 7) is 0.147. The molecule has 0 bridgehead atoms. The van der Waals surface area contributed by atoms with Crippen molar-refractivity contribution in [2.75, 3.05) is 4.90 Å². The molecule has 2 aliphatic heterocycles. The van der Waals surface area contributed by atoms with Gasteiger partial charge in [0.05, 0.1) is 11.0 Å². The maximum Gasteiger partial charge on any atom is 0.252 e. The number of para-hydroxylation sites is 4. The van der Waals surface area contributed by atoms with Crippen molar-refractivity contribution < 1.29 is 4.42 Å². The molecule has 0 spiro atoms. The van der Waals surface area contributed by atoms with Gasteiger partial charge in [-0.1, -0.05) is 84.9 Å². The number of benzene rings is 6.